The third-order valence-electron chi connectivity index (χ3n) is 2.81. The molecule has 1 rings (SSSR count). The van der Waals surface area contributed by atoms with Gasteiger partial charge in [0, 0.05) is 25.2 Å². The van der Waals surface area contributed by atoms with E-state index in [1.54, 1.807) is 6.07 Å². The third-order valence-corrected chi connectivity index (χ3v) is 3.04. The van der Waals surface area contributed by atoms with Gasteiger partial charge in [0.2, 0.25) is 0 Å². The van der Waals surface area contributed by atoms with Crippen molar-refractivity contribution in [1.82, 2.24) is 0 Å². The first-order valence-corrected chi connectivity index (χ1v) is 6.40. The highest BCUT2D eigenvalue weighted by Crippen LogP contribution is 2.26. The molecule has 0 saturated carbocycles. The van der Waals surface area contributed by atoms with Crippen LogP contribution in [0.1, 0.15) is 25.7 Å². The lowest BCUT2D eigenvalue weighted by Gasteiger charge is -2.21. The number of nitrogens with two attached hydrogens (primary N) is 1. The van der Waals surface area contributed by atoms with Crippen molar-refractivity contribution in [2.45, 2.75) is 25.7 Å². The van der Waals surface area contributed by atoms with Crippen molar-refractivity contribution in [3.05, 3.63) is 23.2 Å². The average molecular weight is 257 g/mol. The van der Waals surface area contributed by atoms with Gasteiger partial charge >= 0.3 is 0 Å². The smallest absolute Gasteiger partial charge is 0.0612 e. The minimum absolute atomic E-state index is 0.289. The first-order chi connectivity index (χ1) is 8.15. The molecule has 3 N–H and O–H groups in total. The summed E-state index contributed by atoms with van der Waals surface area (Å²) in [5, 5.41) is 9.39. The second kappa shape index (κ2) is 7.41. The van der Waals surface area contributed by atoms with Crippen molar-refractivity contribution >= 4 is 23.0 Å². The van der Waals surface area contributed by atoms with Crippen molar-refractivity contribution in [3.8, 4) is 0 Å². The summed E-state index contributed by atoms with van der Waals surface area (Å²) in [5.41, 5.74) is 7.65. The minimum atomic E-state index is 0.289. The van der Waals surface area contributed by atoms with Gasteiger partial charge in [-0.2, -0.15) is 0 Å². The van der Waals surface area contributed by atoms with Gasteiger partial charge in [0.15, 0.2) is 0 Å². The maximum absolute atomic E-state index is 8.68. The molecule has 0 aromatic heterocycles. The first kappa shape index (κ1) is 14.1. The van der Waals surface area contributed by atoms with Gasteiger partial charge in [0.1, 0.15) is 0 Å². The molecule has 0 amide bonds. The van der Waals surface area contributed by atoms with Gasteiger partial charge in [-0.3, -0.25) is 0 Å². The van der Waals surface area contributed by atoms with E-state index in [1.165, 1.54) is 0 Å². The second-order valence-electron chi connectivity index (χ2n) is 4.26. The zero-order valence-electron chi connectivity index (χ0n) is 10.3. The van der Waals surface area contributed by atoms with Crippen LogP contribution in [-0.2, 0) is 0 Å². The summed E-state index contributed by atoms with van der Waals surface area (Å²) >= 11 is 5.95. The van der Waals surface area contributed by atoms with Crippen LogP contribution in [0.4, 0.5) is 11.4 Å². The number of hydrogen-bond donors (Lipinski definition) is 2. The van der Waals surface area contributed by atoms with Crippen molar-refractivity contribution < 1.29 is 5.11 Å². The van der Waals surface area contributed by atoms with Gasteiger partial charge in [0.05, 0.1) is 11.4 Å². The molecule has 0 aliphatic rings. The summed E-state index contributed by atoms with van der Waals surface area (Å²) in [5.74, 6) is 0. The molecule has 4 heteroatoms. The highest BCUT2D eigenvalue weighted by atomic mass is 35.5. The second-order valence-corrected chi connectivity index (χ2v) is 4.70. The quantitative estimate of drug-likeness (QED) is 0.583. The lowest BCUT2D eigenvalue weighted by atomic mass is 10.2. The Morgan fingerprint density at radius 2 is 1.94 bits per heavy atom. The number of aliphatic hydroxyl groups is 1. The average Bonchev–Trinajstić information content (AvgIpc) is 2.32. The normalized spacial score (nSPS) is 10.5. The topological polar surface area (TPSA) is 49.5 Å². The van der Waals surface area contributed by atoms with Crippen LogP contribution in [0.3, 0.4) is 0 Å². The van der Waals surface area contributed by atoms with Crippen molar-refractivity contribution in [3.63, 3.8) is 0 Å². The standard InChI is InChI=1S/C13H21ClN2O/c1-16(8-4-2-3-5-9-17)13-10-11(14)6-7-12(13)15/h6-7,10,17H,2-5,8-9,15H2,1H3. The van der Waals surface area contributed by atoms with E-state index < -0.39 is 0 Å². The molecule has 0 spiro atoms. The fraction of sp³-hybridized carbons (Fsp3) is 0.538. The number of benzene rings is 1. The molecule has 3 nitrogen and oxygen atoms in total. The Balaban J connectivity index is 2.41. The van der Waals surface area contributed by atoms with Gasteiger partial charge < -0.3 is 15.7 Å². The summed E-state index contributed by atoms with van der Waals surface area (Å²) in [4.78, 5) is 2.13. The minimum Gasteiger partial charge on any atom is -0.397 e. The summed E-state index contributed by atoms with van der Waals surface area (Å²) < 4.78 is 0. The summed E-state index contributed by atoms with van der Waals surface area (Å²) in [7, 11) is 2.02. The van der Waals surface area contributed by atoms with Crippen molar-refractivity contribution in [2.75, 3.05) is 30.8 Å². The molecule has 0 fully saturated rings. The van der Waals surface area contributed by atoms with E-state index in [0.29, 0.717) is 5.02 Å². The Labute approximate surface area is 108 Å². The molecule has 0 bridgehead atoms. The van der Waals surface area contributed by atoms with Crippen LogP contribution in [0, 0.1) is 0 Å². The molecule has 0 atom stereocenters. The summed E-state index contributed by atoms with van der Waals surface area (Å²) in [6, 6.07) is 5.53. The number of nitrogens with zero attached hydrogens (tertiary/aromatic N) is 1. The lowest BCUT2D eigenvalue weighted by Crippen LogP contribution is -2.19. The lowest BCUT2D eigenvalue weighted by molar-refractivity contribution is 0.282. The molecule has 17 heavy (non-hydrogen) atoms. The predicted octanol–water partition coefficient (Wildman–Crippen LogP) is 2.91. The Morgan fingerprint density at radius 3 is 2.65 bits per heavy atom. The maximum atomic E-state index is 8.68. The monoisotopic (exact) mass is 256 g/mol. The van der Waals surface area contributed by atoms with Crippen LogP contribution in [0.15, 0.2) is 18.2 Å². The number of anilines is 2. The van der Waals surface area contributed by atoms with E-state index in [0.717, 1.165) is 43.6 Å². The van der Waals surface area contributed by atoms with Crippen LogP contribution in [0.25, 0.3) is 0 Å². The van der Waals surface area contributed by atoms with E-state index in [4.69, 9.17) is 22.4 Å². The van der Waals surface area contributed by atoms with E-state index >= 15 is 0 Å². The summed E-state index contributed by atoms with van der Waals surface area (Å²) in [6.07, 6.45) is 4.20. The molecule has 0 aliphatic carbocycles. The molecule has 0 saturated heterocycles. The van der Waals surface area contributed by atoms with Crippen LogP contribution in [0.5, 0.6) is 0 Å². The van der Waals surface area contributed by atoms with Gasteiger partial charge in [-0.15, -0.1) is 0 Å². The van der Waals surface area contributed by atoms with E-state index in [2.05, 4.69) is 4.90 Å². The number of unbranched alkanes of at least 4 members (excludes halogenated alkanes) is 3. The maximum Gasteiger partial charge on any atom is 0.0612 e. The van der Waals surface area contributed by atoms with Crippen LogP contribution in [0.2, 0.25) is 5.02 Å². The van der Waals surface area contributed by atoms with E-state index in [1.807, 2.05) is 19.2 Å². The number of aliphatic hydroxyl groups excluding tert-OH is 1. The van der Waals surface area contributed by atoms with Gasteiger partial charge in [0.25, 0.3) is 0 Å². The van der Waals surface area contributed by atoms with E-state index in [-0.39, 0.29) is 6.61 Å². The Hall–Kier alpha value is -0.930. The van der Waals surface area contributed by atoms with Crippen LogP contribution >= 0.6 is 11.6 Å². The van der Waals surface area contributed by atoms with Crippen molar-refractivity contribution in [2.24, 2.45) is 0 Å². The molecule has 0 unspecified atom stereocenters. The molecule has 0 radical (unpaired) electrons. The Morgan fingerprint density at radius 1 is 1.24 bits per heavy atom. The number of hydrogen-bond acceptors (Lipinski definition) is 3. The Kier molecular flexibility index (Phi) is 6.16. The molecule has 96 valence electrons. The molecule has 0 heterocycles. The van der Waals surface area contributed by atoms with Crippen molar-refractivity contribution in [1.29, 1.82) is 0 Å². The summed E-state index contributed by atoms with van der Waals surface area (Å²) in [6.45, 7) is 1.24. The molecular weight excluding hydrogens is 236 g/mol. The van der Waals surface area contributed by atoms with Crippen LogP contribution < -0.4 is 10.6 Å². The molecular formula is C13H21ClN2O. The largest absolute Gasteiger partial charge is 0.397 e. The molecule has 1 aromatic carbocycles. The fourth-order valence-electron chi connectivity index (χ4n) is 1.78. The van der Waals surface area contributed by atoms with Crippen LogP contribution in [-0.4, -0.2) is 25.3 Å². The third kappa shape index (κ3) is 4.84. The van der Waals surface area contributed by atoms with E-state index in [9.17, 15) is 0 Å². The van der Waals surface area contributed by atoms with Gasteiger partial charge in [-0.05, 0) is 31.0 Å². The molecule has 1 aromatic rings. The van der Waals surface area contributed by atoms with Gasteiger partial charge in [-0.1, -0.05) is 24.4 Å². The Bertz CT molecular complexity index is 344. The fourth-order valence-corrected chi connectivity index (χ4v) is 1.95. The van der Waals surface area contributed by atoms with Gasteiger partial charge in [-0.25, -0.2) is 0 Å². The first-order valence-electron chi connectivity index (χ1n) is 6.02. The SMILES string of the molecule is CN(CCCCCCO)c1cc(Cl)ccc1N. The predicted molar refractivity (Wildman–Crippen MR) is 74.7 cm³/mol. The number of nitrogen functional groups attached to an aromatic ring is 1. The number of rotatable bonds is 7. The zero-order valence-corrected chi connectivity index (χ0v) is 11.1. The highest BCUT2D eigenvalue weighted by molar-refractivity contribution is 6.31. The zero-order chi connectivity index (χ0) is 12.7. The number of halogens is 1. The molecule has 0 aliphatic heterocycles. The highest BCUT2D eigenvalue weighted by Gasteiger charge is 2.05.